The molecule has 0 aromatic heterocycles. The maximum absolute atomic E-state index is 12.9. The fourth-order valence-electron chi connectivity index (χ4n) is 2.77. The van der Waals surface area contributed by atoms with E-state index >= 15 is 0 Å². The van der Waals surface area contributed by atoms with Crippen LogP contribution in [-0.2, 0) is 10.0 Å². The van der Waals surface area contributed by atoms with Gasteiger partial charge in [-0.25, -0.2) is 8.42 Å². The average molecular weight is 313 g/mol. The van der Waals surface area contributed by atoms with Crippen molar-refractivity contribution < 1.29 is 13.5 Å². The van der Waals surface area contributed by atoms with Crippen molar-refractivity contribution in [3.05, 3.63) is 23.8 Å². The summed E-state index contributed by atoms with van der Waals surface area (Å²) in [6.45, 7) is 2.46. The molecule has 0 aliphatic carbocycles. The zero-order valence-corrected chi connectivity index (χ0v) is 13.5. The van der Waals surface area contributed by atoms with E-state index in [4.69, 9.17) is 5.73 Å². The van der Waals surface area contributed by atoms with Crippen LogP contribution in [0.25, 0.3) is 0 Å². The Kier molecular flexibility index (Phi) is 4.57. The van der Waals surface area contributed by atoms with Crippen LogP contribution >= 0.6 is 0 Å². The summed E-state index contributed by atoms with van der Waals surface area (Å²) >= 11 is 0. The Morgan fingerprint density at radius 2 is 2.10 bits per heavy atom. The van der Waals surface area contributed by atoms with Gasteiger partial charge in [-0.3, -0.25) is 0 Å². The van der Waals surface area contributed by atoms with Crippen molar-refractivity contribution in [1.29, 1.82) is 0 Å². The lowest BCUT2D eigenvalue weighted by molar-refractivity contribution is 0.188. The first-order valence-corrected chi connectivity index (χ1v) is 8.36. The highest BCUT2D eigenvalue weighted by Crippen LogP contribution is 2.29. The normalized spacial score (nSPS) is 23.9. The number of β-amino-alcohol motifs (C(OH)–C–C–N with tert-alkyl or cyclic N) is 1. The summed E-state index contributed by atoms with van der Waals surface area (Å²) in [5.74, 6) is 0. The molecule has 6 nitrogen and oxygen atoms in total. The minimum atomic E-state index is -3.65. The van der Waals surface area contributed by atoms with Crippen LogP contribution in [0.2, 0.25) is 0 Å². The van der Waals surface area contributed by atoms with Gasteiger partial charge < -0.3 is 15.7 Å². The lowest BCUT2D eigenvalue weighted by Crippen LogP contribution is -2.41. The molecule has 3 N–H and O–H groups in total. The first-order chi connectivity index (χ1) is 9.71. The van der Waals surface area contributed by atoms with Gasteiger partial charge in [-0.1, -0.05) is 6.07 Å². The number of benzene rings is 1. The quantitative estimate of drug-likeness (QED) is 0.779. The molecule has 0 bridgehead atoms. The number of sulfonamides is 1. The van der Waals surface area contributed by atoms with E-state index in [9.17, 15) is 13.5 Å². The molecular formula is C14H23N3O3S. The Labute approximate surface area is 126 Å². The minimum absolute atomic E-state index is 0.134. The zero-order valence-electron chi connectivity index (χ0n) is 12.7. The molecule has 2 atom stereocenters. The summed E-state index contributed by atoms with van der Waals surface area (Å²) in [5.41, 5.74) is 6.81. The molecule has 2 unspecified atom stereocenters. The number of aryl methyl sites for hydroxylation is 1. The van der Waals surface area contributed by atoms with Crippen LogP contribution in [0.15, 0.2) is 23.1 Å². The molecule has 1 heterocycles. The van der Waals surface area contributed by atoms with Gasteiger partial charge >= 0.3 is 0 Å². The van der Waals surface area contributed by atoms with Crippen molar-refractivity contribution in [2.75, 3.05) is 32.9 Å². The van der Waals surface area contributed by atoms with Gasteiger partial charge in [0.25, 0.3) is 0 Å². The van der Waals surface area contributed by atoms with Gasteiger partial charge in [-0.2, -0.15) is 4.31 Å². The van der Waals surface area contributed by atoms with E-state index in [-0.39, 0.29) is 17.5 Å². The van der Waals surface area contributed by atoms with Crippen molar-refractivity contribution in [3.8, 4) is 0 Å². The molecule has 1 fully saturated rings. The highest BCUT2D eigenvalue weighted by atomic mass is 32.2. The maximum atomic E-state index is 12.9. The standard InChI is InChI=1S/C14H23N3O3S/c1-10-4-5-11(15)6-14(10)21(19,20)17-9-13(18)7-12(17)8-16(2)3/h4-6,12-13,18H,7-9,15H2,1-3H3. The smallest absolute Gasteiger partial charge is 0.243 e. The van der Waals surface area contributed by atoms with Gasteiger partial charge in [0.15, 0.2) is 0 Å². The molecule has 1 aliphatic heterocycles. The molecule has 1 saturated heterocycles. The van der Waals surface area contributed by atoms with Gasteiger partial charge in [0.2, 0.25) is 10.0 Å². The van der Waals surface area contributed by atoms with Crippen LogP contribution in [0.1, 0.15) is 12.0 Å². The van der Waals surface area contributed by atoms with E-state index in [0.717, 1.165) is 0 Å². The Bertz CT molecular complexity index is 616. The van der Waals surface area contributed by atoms with E-state index in [1.54, 1.807) is 19.1 Å². The summed E-state index contributed by atoms with van der Waals surface area (Å²) in [7, 11) is 0.127. The number of rotatable bonds is 4. The second-order valence-electron chi connectivity index (χ2n) is 5.91. The molecule has 2 rings (SSSR count). The third kappa shape index (κ3) is 3.37. The number of likely N-dealkylation sites (N-methyl/N-ethyl adjacent to an activating group) is 1. The summed E-state index contributed by atoms with van der Waals surface area (Å²) in [6, 6.07) is 4.66. The summed E-state index contributed by atoms with van der Waals surface area (Å²) in [5, 5.41) is 9.87. The summed E-state index contributed by atoms with van der Waals surface area (Å²) in [4.78, 5) is 2.15. The van der Waals surface area contributed by atoms with E-state index in [2.05, 4.69) is 0 Å². The van der Waals surface area contributed by atoms with Crippen LogP contribution in [0.5, 0.6) is 0 Å². The molecular weight excluding hydrogens is 290 g/mol. The first-order valence-electron chi connectivity index (χ1n) is 6.92. The lowest BCUT2D eigenvalue weighted by atomic mass is 10.2. The maximum Gasteiger partial charge on any atom is 0.243 e. The number of nitrogens with two attached hydrogens (primary N) is 1. The van der Waals surface area contributed by atoms with E-state index in [1.807, 2.05) is 19.0 Å². The largest absolute Gasteiger partial charge is 0.399 e. The van der Waals surface area contributed by atoms with E-state index in [1.165, 1.54) is 10.4 Å². The fraction of sp³-hybridized carbons (Fsp3) is 0.571. The van der Waals surface area contributed by atoms with Gasteiger partial charge in [0.05, 0.1) is 11.0 Å². The number of hydrogen-bond donors (Lipinski definition) is 2. The Morgan fingerprint density at radius 3 is 2.71 bits per heavy atom. The highest BCUT2D eigenvalue weighted by molar-refractivity contribution is 7.89. The third-order valence-corrected chi connectivity index (χ3v) is 5.78. The molecule has 118 valence electrons. The number of aliphatic hydroxyl groups excluding tert-OH is 1. The van der Waals surface area contributed by atoms with Gasteiger partial charge in [0, 0.05) is 24.8 Å². The predicted octanol–water partition coefficient (Wildman–Crippen LogP) is 0.263. The second-order valence-corrected chi connectivity index (χ2v) is 7.76. The predicted molar refractivity (Wildman–Crippen MR) is 82.4 cm³/mol. The highest BCUT2D eigenvalue weighted by Gasteiger charge is 2.40. The fourth-order valence-corrected chi connectivity index (χ4v) is 4.69. The van der Waals surface area contributed by atoms with Gasteiger partial charge in [-0.15, -0.1) is 0 Å². The first kappa shape index (κ1) is 16.2. The SMILES string of the molecule is Cc1ccc(N)cc1S(=O)(=O)N1CC(O)CC1CN(C)C. The Morgan fingerprint density at radius 1 is 1.43 bits per heavy atom. The third-order valence-electron chi connectivity index (χ3n) is 3.72. The summed E-state index contributed by atoms with van der Waals surface area (Å²) < 4.78 is 27.2. The van der Waals surface area contributed by atoms with Gasteiger partial charge in [-0.05, 0) is 45.1 Å². The lowest BCUT2D eigenvalue weighted by Gasteiger charge is -2.26. The minimum Gasteiger partial charge on any atom is -0.399 e. The monoisotopic (exact) mass is 313 g/mol. The molecule has 0 saturated carbocycles. The number of nitrogens with zero attached hydrogens (tertiary/aromatic N) is 2. The van der Waals surface area contributed by atoms with Crippen LogP contribution in [0, 0.1) is 6.92 Å². The van der Waals surface area contributed by atoms with E-state index in [0.29, 0.717) is 24.2 Å². The molecule has 0 radical (unpaired) electrons. The number of aliphatic hydroxyl groups is 1. The van der Waals surface area contributed by atoms with E-state index < -0.39 is 16.1 Å². The average Bonchev–Trinajstić information content (AvgIpc) is 2.73. The van der Waals surface area contributed by atoms with Crippen molar-refractivity contribution >= 4 is 15.7 Å². The van der Waals surface area contributed by atoms with Gasteiger partial charge in [0.1, 0.15) is 0 Å². The van der Waals surface area contributed by atoms with Crippen molar-refractivity contribution in [2.24, 2.45) is 0 Å². The van der Waals surface area contributed by atoms with Crippen molar-refractivity contribution in [3.63, 3.8) is 0 Å². The zero-order chi connectivity index (χ0) is 15.8. The summed E-state index contributed by atoms with van der Waals surface area (Å²) in [6.07, 6.45) is -0.162. The molecule has 1 aliphatic rings. The van der Waals surface area contributed by atoms with Crippen molar-refractivity contribution in [1.82, 2.24) is 9.21 Å². The molecule has 0 spiro atoms. The van der Waals surface area contributed by atoms with Crippen molar-refractivity contribution in [2.45, 2.75) is 30.4 Å². The topological polar surface area (TPSA) is 86.9 Å². The van der Waals surface area contributed by atoms with Crippen LogP contribution in [-0.4, -0.2) is 62.1 Å². The molecule has 21 heavy (non-hydrogen) atoms. The Balaban J connectivity index is 2.39. The molecule has 7 heteroatoms. The number of hydrogen-bond acceptors (Lipinski definition) is 5. The van der Waals surface area contributed by atoms with Crippen LogP contribution in [0.3, 0.4) is 0 Å². The molecule has 1 aromatic carbocycles. The molecule has 0 amide bonds. The second kappa shape index (κ2) is 5.92. The number of nitrogen functional groups attached to an aromatic ring is 1. The van der Waals surface area contributed by atoms with Crippen LogP contribution < -0.4 is 5.73 Å². The number of anilines is 1. The van der Waals surface area contributed by atoms with Crippen LogP contribution in [0.4, 0.5) is 5.69 Å². The molecule has 1 aromatic rings. The Hall–Kier alpha value is -1.15.